The largest absolute Gasteiger partial charge is 0.468 e. The molecule has 0 bridgehead atoms. The maximum absolute atomic E-state index is 5.38. The molecule has 0 spiro atoms. The van der Waals surface area contributed by atoms with Gasteiger partial charge in [-0.15, -0.1) is 6.42 Å². The lowest BCUT2D eigenvalue weighted by Crippen LogP contribution is -2.17. The molecular weight excluding hydrogens is 176 g/mol. The Morgan fingerprint density at radius 2 is 2.43 bits per heavy atom. The topological polar surface area (TPSA) is 28.4 Å². The van der Waals surface area contributed by atoms with Crippen molar-refractivity contribution >= 4 is 0 Å². The molecule has 14 heavy (non-hydrogen) atoms. The molecule has 0 aliphatic heterocycles. The molecule has 0 fully saturated rings. The van der Waals surface area contributed by atoms with Gasteiger partial charge in [0.05, 0.1) is 19.4 Å². The van der Waals surface area contributed by atoms with Crippen LogP contribution in [0.3, 0.4) is 0 Å². The summed E-state index contributed by atoms with van der Waals surface area (Å²) >= 11 is 0. The third kappa shape index (κ3) is 3.25. The molecule has 0 unspecified atom stereocenters. The molecule has 0 aliphatic rings. The molecule has 0 saturated carbocycles. The van der Waals surface area contributed by atoms with Crippen LogP contribution in [0.5, 0.6) is 0 Å². The van der Waals surface area contributed by atoms with E-state index in [0.29, 0.717) is 6.54 Å². The Hall–Kier alpha value is -1.24. The van der Waals surface area contributed by atoms with Crippen molar-refractivity contribution in [2.24, 2.45) is 0 Å². The number of nitrogens with zero attached hydrogens (tertiary/aromatic N) is 1. The molecule has 0 aromatic carbocycles. The molecule has 1 aromatic heterocycles. The van der Waals surface area contributed by atoms with E-state index in [9.17, 15) is 0 Å². The molecule has 0 radical (unpaired) electrons. The number of terminal acetylenes is 1. The lowest BCUT2D eigenvalue weighted by molar-refractivity contribution is 0.326. The van der Waals surface area contributed by atoms with Crippen LogP contribution in [-0.2, 0) is 13.1 Å². The fraction of sp³-hybridized carbons (Fsp3) is 0.455. The number of rotatable bonds is 5. The summed E-state index contributed by atoms with van der Waals surface area (Å²) in [5.41, 5.74) is 1.16. The van der Waals surface area contributed by atoms with E-state index in [1.54, 1.807) is 6.26 Å². The van der Waals surface area contributed by atoms with Crippen molar-refractivity contribution in [1.82, 2.24) is 10.2 Å². The first-order chi connectivity index (χ1) is 6.76. The molecule has 0 amide bonds. The van der Waals surface area contributed by atoms with E-state index in [4.69, 9.17) is 10.8 Å². The molecule has 0 aliphatic carbocycles. The van der Waals surface area contributed by atoms with Gasteiger partial charge < -0.3 is 9.73 Å². The smallest absolute Gasteiger partial charge is 0.118 e. The van der Waals surface area contributed by atoms with E-state index in [1.807, 2.05) is 25.1 Å². The van der Waals surface area contributed by atoms with Crippen LogP contribution >= 0.6 is 0 Å². The first-order valence-electron chi connectivity index (χ1n) is 4.59. The average molecular weight is 192 g/mol. The molecule has 1 heterocycles. The summed E-state index contributed by atoms with van der Waals surface area (Å²) in [6.07, 6.45) is 6.98. The highest BCUT2D eigenvalue weighted by Crippen LogP contribution is 2.09. The van der Waals surface area contributed by atoms with Crippen LogP contribution < -0.4 is 5.32 Å². The van der Waals surface area contributed by atoms with E-state index in [1.165, 1.54) is 0 Å². The Labute approximate surface area is 85.1 Å². The number of nitrogens with one attached hydrogen (secondary N) is 1. The fourth-order valence-corrected chi connectivity index (χ4v) is 1.28. The zero-order valence-electron chi connectivity index (χ0n) is 8.71. The van der Waals surface area contributed by atoms with Crippen LogP contribution in [0.1, 0.15) is 11.3 Å². The average Bonchev–Trinajstić information content (AvgIpc) is 2.53. The standard InChI is InChI=1S/C11H16N2O/c1-4-5-13(3)8-11-6-10(7-12-2)9-14-11/h1,6,9,12H,5,7-8H2,2-3H3. The minimum absolute atomic E-state index is 0.641. The van der Waals surface area contributed by atoms with Gasteiger partial charge in [-0.25, -0.2) is 0 Å². The zero-order chi connectivity index (χ0) is 10.4. The normalized spacial score (nSPS) is 10.4. The van der Waals surface area contributed by atoms with Gasteiger partial charge in [-0.2, -0.15) is 0 Å². The monoisotopic (exact) mass is 192 g/mol. The van der Waals surface area contributed by atoms with Crippen molar-refractivity contribution in [2.75, 3.05) is 20.6 Å². The quantitative estimate of drug-likeness (QED) is 0.707. The van der Waals surface area contributed by atoms with Gasteiger partial charge in [-0.05, 0) is 20.2 Å². The Balaban J connectivity index is 2.47. The van der Waals surface area contributed by atoms with E-state index in [-0.39, 0.29) is 0 Å². The molecule has 1 N–H and O–H groups in total. The summed E-state index contributed by atoms with van der Waals surface area (Å²) in [6.45, 7) is 2.23. The molecule has 1 rings (SSSR count). The molecule has 0 atom stereocenters. The van der Waals surface area contributed by atoms with Gasteiger partial charge in [0.15, 0.2) is 0 Å². The number of hydrogen-bond acceptors (Lipinski definition) is 3. The SMILES string of the molecule is C#CCN(C)Cc1cc(CNC)co1. The van der Waals surface area contributed by atoms with Crippen molar-refractivity contribution in [3.8, 4) is 12.3 Å². The first-order valence-corrected chi connectivity index (χ1v) is 4.59. The Morgan fingerprint density at radius 1 is 1.64 bits per heavy atom. The van der Waals surface area contributed by atoms with Crippen molar-refractivity contribution in [3.63, 3.8) is 0 Å². The van der Waals surface area contributed by atoms with Gasteiger partial charge in [0.1, 0.15) is 5.76 Å². The molecule has 3 heteroatoms. The Bertz CT molecular complexity index is 311. The summed E-state index contributed by atoms with van der Waals surface area (Å²) in [5.74, 6) is 3.54. The van der Waals surface area contributed by atoms with Gasteiger partial charge in [0, 0.05) is 12.1 Å². The van der Waals surface area contributed by atoms with Crippen molar-refractivity contribution < 1.29 is 4.42 Å². The maximum atomic E-state index is 5.38. The third-order valence-electron chi connectivity index (χ3n) is 1.88. The molecule has 0 saturated heterocycles. The fourth-order valence-electron chi connectivity index (χ4n) is 1.28. The van der Waals surface area contributed by atoms with Gasteiger partial charge in [-0.3, -0.25) is 4.90 Å². The highest BCUT2D eigenvalue weighted by Gasteiger charge is 2.03. The highest BCUT2D eigenvalue weighted by atomic mass is 16.3. The lowest BCUT2D eigenvalue weighted by Gasteiger charge is -2.09. The zero-order valence-corrected chi connectivity index (χ0v) is 8.71. The third-order valence-corrected chi connectivity index (χ3v) is 1.88. The molecule has 76 valence electrons. The van der Waals surface area contributed by atoms with Crippen LogP contribution in [-0.4, -0.2) is 25.5 Å². The summed E-state index contributed by atoms with van der Waals surface area (Å²) in [4.78, 5) is 2.03. The van der Waals surface area contributed by atoms with Crippen molar-refractivity contribution in [2.45, 2.75) is 13.1 Å². The van der Waals surface area contributed by atoms with Crippen molar-refractivity contribution in [3.05, 3.63) is 23.7 Å². The second-order valence-electron chi connectivity index (χ2n) is 3.33. The minimum Gasteiger partial charge on any atom is -0.468 e. The van der Waals surface area contributed by atoms with Crippen molar-refractivity contribution in [1.29, 1.82) is 0 Å². The number of furan rings is 1. The Morgan fingerprint density at radius 3 is 3.07 bits per heavy atom. The first kappa shape index (κ1) is 10.8. The molecular formula is C11H16N2O. The Kier molecular flexibility index (Phi) is 4.24. The van der Waals surface area contributed by atoms with Gasteiger partial charge in [0.2, 0.25) is 0 Å². The van der Waals surface area contributed by atoms with E-state index in [2.05, 4.69) is 11.2 Å². The predicted molar refractivity (Wildman–Crippen MR) is 56.6 cm³/mol. The van der Waals surface area contributed by atoms with Crippen LogP contribution in [0, 0.1) is 12.3 Å². The maximum Gasteiger partial charge on any atom is 0.118 e. The summed E-state index contributed by atoms with van der Waals surface area (Å²) in [7, 11) is 3.89. The summed E-state index contributed by atoms with van der Waals surface area (Å²) in [6, 6.07) is 2.05. The second-order valence-corrected chi connectivity index (χ2v) is 3.33. The second kappa shape index (κ2) is 5.48. The van der Waals surface area contributed by atoms with Crippen LogP contribution in [0.4, 0.5) is 0 Å². The minimum atomic E-state index is 0.641. The molecule has 3 nitrogen and oxygen atoms in total. The number of hydrogen-bond donors (Lipinski definition) is 1. The van der Waals surface area contributed by atoms with Crippen LogP contribution in [0.2, 0.25) is 0 Å². The summed E-state index contributed by atoms with van der Waals surface area (Å²) in [5, 5.41) is 3.07. The van der Waals surface area contributed by atoms with Crippen LogP contribution in [0.25, 0.3) is 0 Å². The van der Waals surface area contributed by atoms with Crippen LogP contribution in [0.15, 0.2) is 16.7 Å². The van der Waals surface area contributed by atoms with Gasteiger partial charge in [-0.1, -0.05) is 5.92 Å². The highest BCUT2D eigenvalue weighted by molar-refractivity contribution is 5.12. The molecule has 1 aromatic rings. The predicted octanol–water partition coefficient (Wildman–Crippen LogP) is 1.06. The van der Waals surface area contributed by atoms with Gasteiger partial charge >= 0.3 is 0 Å². The van der Waals surface area contributed by atoms with E-state index >= 15 is 0 Å². The lowest BCUT2D eigenvalue weighted by atomic mass is 10.3. The van der Waals surface area contributed by atoms with E-state index in [0.717, 1.165) is 24.4 Å². The van der Waals surface area contributed by atoms with Gasteiger partial charge in [0.25, 0.3) is 0 Å². The van der Waals surface area contributed by atoms with E-state index < -0.39 is 0 Å². The summed E-state index contributed by atoms with van der Waals surface area (Å²) < 4.78 is 5.38.